The summed E-state index contributed by atoms with van der Waals surface area (Å²) >= 11 is 0. The second-order valence-electron chi connectivity index (χ2n) is 40.0. The van der Waals surface area contributed by atoms with E-state index < -0.39 is 36.4 Å². The molecule has 1 saturated carbocycles. The highest BCUT2D eigenvalue weighted by atomic mass is 19.4. The average molecular weight is 1780 g/mol. The molecule has 6 aliphatic heterocycles. The van der Waals surface area contributed by atoms with Gasteiger partial charge in [0.15, 0.2) is 0 Å². The minimum Gasteiger partial charge on any atom is -0.494 e. The number of aromatic nitrogens is 6. The van der Waals surface area contributed by atoms with Crippen molar-refractivity contribution in [1.82, 2.24) is 58.7 Å². The molecule has 6 aromatic carbocycles. The summed E-state index contributed by atoms with van der Waals surface area (Å²) in [5.74, 6) is 2.98. The predicted molar refractivity (Wildman–Crippen MR) is 507 cm³/mol. The summed E-state index contributed by atoms with van der Waals surface area (Å²) in [5, 5.41) is 45.0. The molecule has 16 rings (SSSR count). The van der Waals surface area contributed by atoms with Gasteiger partial charge in [-0.05, 0) is 247 Å². The molecule has 3 N–H and O–H groups in total. The molecular formula is C107H143F3N12O8. The van der Waals surface area contributed by atoms with Gasteiger partial charge in [-0.25, -0.2) is 0 Å². The SMILES string of the molecule is CCOc1ccc(Cn2cc(C3CCN(C[C@H]4CN([C@H](CC5CCC5)C(=O)O)C[C@@H]4c4cccc(C)c4)CC3)cn2)cc1.CC[C@H](C)[C@H](C(=O)O)N1C[C@H](CN2CCC(c3cc(Cc4ccc(OC(F)(F)F)cc4)nn3CC)CC2)[C@@H](c2cccc(C)c2)C1.CCc1nn(Cc2ccccc2)cc1C1CCN(C[C@H]2CN([C@@H](C(=O)O)C(C)(C)C)C[C@@H]2c2cccc(C)c2)CC1. The molecule has 7 fully saturated rings. The van der Waals surface area contributed by atoms with Gasteiger partial charge in [0.05, 0.1) is 37.3 Å². The number of ether oxygens (including phenoxy) is 2. The minimum atomic E-state index is -4.71. The predicted octanol–water partition coefficient (Wildman–Crippen LogP) is 19.5. The van der Waals surface area contributed by atoms with Gasteiger partial charge in [0, 0.05) is 114 Å². The lowest BCUT2D eigenvalue weighted by Gasteiger charge is -2.36. The Kier molecular flexibility index (Phi) is 33.0. The highest BCUT2D eigenvalue weighted by molar-refractivity contribution is 5.75. The number of benzene rings is 6. The lowest BCUT2D eigenvalue weighted by atomic mass is 9.80. The summed E-state index contributed by atoms with van der Waals surface area (Å²) in [7, 11) is 0. The summed E-state index contributed by atoms with van der Waals surface area (Å²) in [6.07, 6.45) is 15.3. The monoisotopic (exact) mass is 1780 g/mol. The molecule has 3 aromatic heterocycles. The van der Waals surface area contributed by atoms with Crippen LogP contribution in [0.4, 0.5) is 13.2 Å². The van der Waals surface area contributed by atoms with Gasteiger partial charge in [0.1, 0.15) is 29.6 Å². The van der Waals surface area contributed by atoms with Crippen LogP contribution >= 0.6 is 0 Å². The molecule has 6 saturated heterocycles. The topological polar surface area (TPSA) is 203 Å². The van der Waals surface area contributed by atoms with Crippen molar-refractivity contribution in [2.75, 3.05) is 105 Å². The molecular weight excluding hydrogens is 1640 g/mol. The van der Waals surface area contributed by atoms with E-state index in [1.807, 2.05) is 26.0 Å². The van der Waals surface area contributed by atoms with Gasteiger partial charge < -0.3 is 39.5 Å². The number of hydrogen-bond donors (Lipinski definition) is 3. The van der Waals surface area contributed by atoms with E-state index >= 15 is 0 Å². The molecule has 1 aliphatic carbocycles. The molecule has 10 atom stereocenters. The zero-order valence-electron chi connectivity index (χ0n) is 78.8. The third-order valence-electron chi connectivity index (χ3n) is 29.5. The number of alkyl halides is 3. The lowest BCUT2D eigenvalue weighted by molar-refractivity contribution is -0.274. The van der Waals surface area contributed by atoms with Crippen LogP contribution in [0.1, 0.15) is 240 Å². The van der Waals surface area contributed by atoms with Gasteiger partial charge in [-0.3, -0.25) is 43.1 Å². The van der Waals surface area contributed by atoms with Crippen LogP contribution in [0.25, 0.3) is 0 Å². The van der Waals surface area contributed by atoms with Gasteiger partial charge in [0.25, 0.3) is 0 Å². The zero-order chi connectivity index (χ0) is 91.9. The Labute approximate surface area is 769 Å². The molecule has 0 unspecified atom stereocenters. The molecule has 20 nitrogen and oxygen atoms in total. The third kappa shape index (κ3) is 25.5. The molecule has 7 aliphatic rings. The van der Waals surface area contributed by atoms with E-state index in [1.54, 1.807) is 12.1 Å². The molecule has 130 heavy (non-hydrogen) atoms. The Morgan fingerprint density at radius 2 is 1.01 bits per heavy atom. The van der Waals surface area contributed by atoms with Gasteiger partial charge in [0.2, 0.25) is 0 Å². The van der Waals surface area contributed by atoms with Crippen LogP contribution in [0, 0.1) is 55.8 Å². The first-order valence-corrected chi connectivity index (χ1v) is 48.5. The van der Waals surface area contributed by atoms with E-state index in [1.165, 1.54) is 98.4 Å². The van der Waals surface area contributed by atoms with Crippen molar-refractivity contribution >= 4 is 17.9 Å². The Bertz CT molecular complexity index is 5100. The molecule has 9 aromatic rings. The molecule has 0 spiro atoms. The Hall–Kier alpha value is -9.49. The normalized spacial score (nSPS) is 22.0. The fourth-order valence-electron chi connectivity index (χ4n) is 22.4. The number of piperidine rings is 3. The van der Waals surface area contributed by atoms with E-state index in [0.29, 0.717) is 72.2 Å². The van der Waals surface area contributed by atoms with Crippen LogP contribution in [0.5, 0.6) is 11.5 Å². The van der Waals surface area contributed by atoms with E-state index in [2.05, 4.69) is 256 Å². The highest BCUT2D eigenvalue weighted by Gasteiger charge is 2.47. The molecule has 700 valence electrons. The van der Waals surface area contributed by atoms with Crippen LogP contribution in [0.2, 0.25) is 0 Å². The summed E-state index contributed by atoms with van der Waals surface area (Å²) in [6.45, 7) is 40.2. The van der Waals surface area contributed by atoms with E-state index in [9.17, 15) is 42.9 Å². The standard InChI is InChI=1S/C36H47F3N4O3.C36H48N4O3.C35H48N4O2/c1-5-25(4)34(35(44)45)42-22-29(32(23-42)28-9-7-8-24(3)18-28)21-41-16-14-27(15-17-41)33-20-30(40-43(33)6-2)19-26-10-12-31(13-11-26)46-36(37,38)39;1-3-43-33-12-10-28(11-13-33)21-40-24-31(20-37-40)29-14-16-38(17-15-29)22-32-23-39(35(36(41)42)19-27-7-5-8-27)25-34(32)30-9-4-6-26(2)18-30;1-6-32-31(24-39(36-32)20-26-12-8-7-9-13-26)27-15-17-37(18-16-27)21-29-22-38(33(34(40)41)35(3,4)5)23-30(29)28-14-10-11-25(2)19-28/h7-13,18,20,25,27,29,32,34H,5-6,14-17,19,21-23H2,1-4H3,(H,44,45);4,6,9-13,18,20,24,27,29,32,34-35H,3,5,7-8,14-17,19,21-23,25H2,1-2H3,(H,41,42);7-14,19,24,27,29-30,33H,6,15-18,20-23H2,1-5H3,(H,40,41)/t25-,29-,32+,34+;32-,34+,35+;29-,30+,33-/m000/s1. The van der Waals surface area contributed by atoms with Gasteiger partial charge >= 0.3 is 24.3 Å². The maximum absolute atomic E-state index is 12.5. The van der Waals surface area contributed by atoms with Crippen molar-refractivity contribution in [3.63, 3.8) is 0 Å². The fraction of sp³-hybridized carbons (Fsp3) is 0.551. The van der Waals surface area contributed by atoms with Crippen molar-refractivity contribution in [1.29, 1.82) is 0 Å². The van der Waals surface area contributed by atoms with Crippen LogP contribution in [0.3, 0.4) is 0 Å². The number of hydrogen-bond acceptors (Lipinski definition) is 14. The smallest absolute Gasteiger partial charge is 0.494 e. The number of carboxylic acids is 3. The van der Waals surface area contributed by atoms with E-state index in [4.69, 9.17) is 14.9 Å². The summed E-state index contributed by atoms with van der Waals surface area (Å²) < 4.78 is 53.4. The lowest BCUT2D eigenvalue weighted by Crippen LogP contribution is -2.48. The van der Waals surface area contributed by atoms with Crippen molar-refractivity contribution in [3.8, 4) is 11.5 Å². The number of likely N-dealkylation sites (tertiary alicyclic amines) is 6. The van der Waals surface area contributed by atoms with Crippen LogP contribution < -0.4 is 9.47 Å². The molecule has 0 radical (unpaired) electrons. The van der Waals surface area contributed by atoms with Crippen LogP contribution in [-0.2, 0) is 46.9 Å². The number of carbonyl (C=O) groups is 3. The first-order valence-electron chi connectivity index (χ1n) is 48.5. The summed E-state index contributed by atoms with van der Waals surface area (Å²) in [5.41, 5.74) is 17.0. The van der Waals surface area contributed by atoms with Gasteiger partial charge in [-0.15, -0.1) is 13.2 Å². The fourth-order valence-corrected chi connectivity index (χ4v) is 22.4. The number of nitrogens with zero attached hydrogens (tertiary/aromatic N) is 12. The van der Waals surface area contributed by atoms with Crippen LogP contribution in [-0.4, -0.2) is 221 Å². The zero-order valence-corrected chi connectivity index (χ0v) is 78.8. The molecule has 9 heterocycles. The van der Waals surface area contributed by atoms with Gasteiger partial charge in [-0.2, -0.15) is 15.3 Å². The van der Waals surface area contributed by atoms with Gasteiger partial charge in [-0.1, -0.05) is 211 Å². The first kappa shape index (κ1) is 96.6. The van der Waals surface area contributed by atoms with Crippen molar-refractivity contribution in [2.45, 2.75) is 239 Å². The Balaban J connectivity index is 0.000000158. The number of rotatable bonds is 33. The average Bonchev–Trinajstić information content (AvgIpc) is 1.64. The summed E-state index contributed by atoms with van der Waals surface area (Å²) in [6, 6.07) is 52.2. The molecule has 23 heteroatoms. The second-order valence-corrected chi connectivity index (χ2v) is 40.0. The number of aryl methyl sites for hydroxylation is 5. The maximum atomic E-state index is 12.5. The number of aliphatic carboxylic acids is 3. The highest BCUT2D eigenvalue weighted by Crippen LogP contribution is 2.44. The van der Waals surface area contributed by atoms with E-state index in [0.717, 1.165) is 193 Å². The number of carboxylic acid groups (broad SMARTS) is 3. The first-order chi connectivity index (χ1) is 62.5. The Morgan fingerprint density at radius 3 is 1.49 bits per heavy atom. The largest absolute Gasteiger partial charge is 0.573 e. The van der Waals surface area contributed by atoms with Crippen molar-refractivity contribution in [2.24, 2.45) is 35.0 Å². The van der Waals surface area contributed by atoms with E-state index in [-0.39, 0.29) is 23.1 Å². The number of halogens is 3. The van der Waals surface area contributed by atoms with Crippen LogP contribution in [0.15, 0.2) is 176 Å². The summed E-state index contributed by atoms with van der Waals surface area (Å²) in [4.78, 5) is 51.8. The van der Waals surface area contributed by atoms with Crippen molar-refractivity contribution in [3.05, 3.63) is 255 Å². The quantitative estimate of drug-likeness (QED) is 0.0350. The van der Waals surface area contributed by atoms with Crippen molar-refractivity contribution < 1.29 is 52.3 Å². The molecule has 0 bridgehead atoms. The minimum absolute atomic E-state index is 0.0845. The molecule has 0 amide bonds. The third-order valence-corrected chi connectivity index (χ3v) is 29.5. The maximum Gasteiger partial charge on any atom is 0.573 e. The second kappa shape index (κ2) is 44.4. The Morgan fingerprint density at radius 1 is 0.508 bits per heavy atom.